The number of likely N-dealkylation sites (N-methyl/N-ethyl adjacent to an activating group) is 1. The Morgan fingerprint density at radius 3 is 2.94 bits per heavy atom. The van der Waals surface area contributed by atoms with Gasteiger partial charge in [0.1, 0.15) is 0 Å². The van der Waals surface area contributed by atoms with Crippen LogP contribution in [0.1, 0.15) is 11.8 Å². The van der Waals surface area contributed by atoms with Crippen LogP contribution >= 0.6 is 11.3 Å². The molecule has 0 N–H and O–H groups in total. The molecule has 1 aromatic rings. The number of rotatable bonds is 6. The number of ether oxygens (including phenoxy) is 1. The van der Waals surface area contributed by atoms with Gasteiger partial charge in [-0.15, -0.1) is 11.3 Å². The number of carbonyl (C=O) groups excluding carboxylic acids is 1. The maximum Gasteiger partial charge on any atom is 0.333 e. The maximum atomic E-state index is 11.2. The molecule has 1 aromatic heterocycles. The average Bonchev–Trinajstić information content (AvgIpc) is 2.85. The third-order valence-electron chi connectivity index (χ3n) is 2.54. The number of thiophene rings is 1. The van der Waals surface area contributed by atoms with E-state index in [4.69, 9.17) is 0 Å². The standard InChI is InChI=1S/C13H19NO2S/c1-11(13(15)16-3)6-8-14(2)9-7-12-5-4-10-17-12/h4-6,10H,7-9H2,1-3H3. The third kappa shape index (κ3) is 5.15. The molecule has 0 bridgehead atoms. The van der Waals surface area contributed by atoms with Crippen molar-refractivity contribution in [3.63, 3.8) is 0 Å². The number of methoxy groups -OCH3 is 1. The number of esters is 1. The van der Waals surface area contributed by atoms with Crippen LogP contribution in [-0.4, -0.2) is 38.1 Å². The van der Waals surface area contributed by atoms with E-state index in [-0.39, 0.29) is 5.97 Å². The molecule has 0 fully saturated rings. The highest BCUT2D eigenvalue weighted by molar-refractivity contribution is 7.09. The fourth-order valence-corrected chi connectivity index (χ4v) is 2.08. The first-order valence-corrected chi connectivity index (χ1v) is 6.47. The van der Waals surface area contributed by atoms with Gasteiger partial charge in [0.2, 0.25) is 0 Å². The van der Waals surface area contributed by atoms with Crippen LogP contribution in [-0.2, 0) is 16.0 Å². The van der Waals surface area contributed by atoms with E-state index in [1.165, 1.54) is 12.0 Å². The second-order valence-corrected chi connectivity index (χ2v) is 5.00. The highest BCUT2D eigenvalue weighted by Gasteiger charge is 2.03. The quantitative estimate of drug-likeness (QED) is 0.575. The number of carbonyl (C=O) groups is 1. The van der Waals surface area contributed by atoms with Gasteiger partial charge in [0.15, 0.2) is 0 Å². The summed E-state index contributed by atoms with van der Waals surface area (Å²) in [6.07, 6.45) is 2.96. The van der Waals surface area contributed by atoms with Gasteiger partial charge in [-0.2, -0.15) is 0 Å². The number of hydrogen-bond donors (Lipinski definition) is 0. The van der Waals surface area contributed by atoms with Crippen LogP contribution in [0.15, 0.2) is 29.2 Å². The van der Waals surface area contributed by atoms with Crippen molar-refractivity contribution in [2.24, 2.45) is 0 Å². The molecule has 1 heterocycles. The van der Waals surface area contributed by atoms with E-state index in [0.717, 1.165) is 19.5 Å². The van der Waals surface area contributed by atoms with Crippen molar-refractivity contribution < 1.29 is 9.53 Å². The van der Waals surface area contributed by atoms with Gasteiger partial charge in [-0.3, -0.25) is 0 Å². The van der Waals surface area contributed by atoms with Crippen molar-refractivity contribution in [1.29, 1.82) is 0 Å². The molecule has 0 radical (unpaired) electrons. The van der Waals surface area contributed by atoms with Crippen molar-refractivity contribution in [2.45, 2.75) is 13.3 Å². The van der Waals surface area contributed by atoms with E-state index in [2.05, 4.69) is 34.2 Å². The molecule has 0 saturated carbocycles. The monoisotopic (exact) mass is 253 g/mol. The van der Waals surface area contributed by atoms with Crippen molar-refractivity contribution in [3.05, 3.63) is 34.0 Å². The molecule has 0 aliphatic heterocycles. The van der Waals surface area contributed by atoms with Crippen LogP contribution < -0.4 is 0 Å². The summed E-state index contributed by atoms with van der Waals surface area (Å²) in [5.74, 6) is -0.253. The first-order chi connectivity index (χ1) is 8.13. The Kier molecular flexibility index (Phi) is 5.94. The molecule has 17 heavy (non-hydrogen) atoms. The van der Waals surface area contributed by atoms with Gasteiger partial charge in [-0.05, 0) is 31.8 Å². The fraction of sp³-hybridized carbons (Fsp3) is 0.462. The summed E-state index contributed by atoms with van der Waals surface area (Å²) in [6.45, 7) is 3.54. The lowest BCUT2D eigenvalue weighted by atomic mass is 10.2. The van der Waals surface area contributed by atoms with E-state index >= 15 is 0 Å². The summed E-state index contributed by atoms with van der Waals surface area (Å²) in [6, 6.07) is 4.22. The molecule has 0 amide bonds. The predicted octanol–water partition coefficient (Wildman–Crippen LogP) is 2.34. The Morgan fingerprint density at radius 2 is 2.35 bits per heavy atom. The van der Waals surface area contributed by atoms with E-state index < -0.39 is 0 Å². The van der Waals surface area contributed by atoms with E-state index in [0.29, 0.717) is 5.57 Å². The Hall–Kier alpha value is -1.13. The maximum absolute atomic E-state index is 11.2. The van der Waals surface area contributed by atoms with Crippen LogP contribution in [0.3, 0.4) is 0 Å². The zero-order chi connectivity index (χ0) is 12.7. The summed E-state index contributed by atoms with van der Waals surface area (Å²) in [5.41, 5.74) is 0.662. The lowest BCUT2D eigenvalue weighted by Crippen LogP contribution is -2.21. The Balaban J connectivity index is 2.30. The second-order valence-electron chi connectivity index (χ2n) is 3.97. The lowest BCUT2D eigenvalue weighted by molar-refractivity contribution is -0.136. The predicted molar refractivity (Wildman–Crippen MR) is 71.3 cm³/mol. The van der Waals surface area contributed by atoms with E-state index in [1.54, 1.807) is 18.3 Å². The van der Waals surface area contributed by atoms with Gasteiger partial charge in [-0.25, -0.2) is 4.79 Å². The first kappa shape index (κ1) is 13.9. The van der Waals surface area contributed by atoms with Gasteiger partial charge >= 0.3 is 5.97 Å². The summed E-state index contributed by atoms with van der Waals surface area (Å²) >= 11 is 1.78. The molecule has 3 nitrogen and oxygen atoms in total. The minimum atomic E-state index is -0.253. The number of nitrogens with zero attached hydrogens (tertiary/aromatic N) is 1. The van der Waals surface area contributed by atoms with Crippen LogP contribution in [0.4, 0.5) is 0 Å². The molecule has 1 rings (SSSR count). The molecule has 0 unspecified atom stereocenters. The third-order valence-corrected chi connectivity index (χ3v) is 3.47. The molecule has 0 spiro atoms. The largest absolute Gasteiger partial charge is 0.466 e. The SMILES string of the molecule is COC(=O)C(C)=CCN(C)CCc1cccs1. The zero-order valence-corrected chi connectivity index (χ0v) is 11.4. The molecule has 0 aromatic carbocycles. The summed E-state index contributed by atoms with van der Waals surface area (Å²) < 4.78 is 4.64. The van der Waals surface area contributed by atoms with Gasteiger partial charge in [0, 0.05) is 23.5 Å². The molecular weight excluding hydrogens is 234 g/mol. The van der Waals surface area contributed by atoms with Crippen LogP contribution in [0.5, 0.6) is 0 Å². The Morgan fingerprint density at radius 1 is 1.59 bits per heavy atom. The van der Waals surface area contributed by atoms with Crippen molar-refractivity contribution in [2.75, 3.05) is 27.2 Å². The fourth-order valence-electron chi connectivity index (χ4n) is 1.38. The van der Waals surface area contributed by atoms with Crippen LogP contribution in [0, 0.1) is 0 Å². The summed E-state index contributed by atoms with van der Waals surface area (Å²) in [7, 11) is 3.45. The molecule has 0 aliphatic carbocycles. The van der Waals surface area contributed by atoms with Gasteiger partial charge in [0.25, 0.3) is 0 Å². The highest BCUT2D eigenvalue weighted by atomic mass is 32.1. The minimum Gasteiger partial charge on any atom is -0.466 e. The van der Waals surface area contributed by atoms with Gasteiger partial charge in [0.05, 0.1) is 7.11 Å². The molecule has 4 heteroatoms. The molecule has 0 aliphatic rings. The van der Waals surface area contributed by atoms with Crippen molar-refractivity contribution in [1.82, 2.24) is 4.90 Å². The van der Waals surface area contributed by atoms with Crippen LogP contribution in [0.2, 0.25) is 0 Å². The molecule has 0 saturated heterocycles. The smallest absolute Gasteiger partial charge is 0.333 e. The molecule has 94 valence electrons. The highest BCUT2D eigenvalue weighted by Crippen LogP contribution is 2.09. The first-order valence-electron chi connectivity index (χ1n) is 5.59. The Bertz CT molecular complexity index is 371. The molecule has 0 atom stereocenters. The van der Waals surface area contributed by atoms with Gasteiger partial charge < -0.3 is 9.64 Å². The van der Waals surface area contributed by atoms with Crippen molar-refractivity contribution in [3.8, 4) is 0 Å². The van der Waals surface area contributed by atoms with Crippen molar-refractivity contribution >= 4 is 17.3 Å². The minimum absolute atomic E-state index is 0.253. The normalized spacial score (nSPS) is 11.9. The topological polar surface area (TPSA) is 29.5 Å². The summed E-state index contributed by atoms with van der Waals surface area (Å²) in [4.78, 5) is 14.7. The van der Waals surface area contributed by atoms with Crippen LogP contribution in [0.25, 0.3) is 0 Å². The summed E-state index contributed by atoms with van der Waals surface area (Å²) in [5, 5.41) is 2.09. The van der Waals surface area contributed by atoms with E-state index in [9.17, 15) is 4.79 Å². The Labute approximate surface area is 107 Å². The number of hydrogen-bond acceptors (Lipinski definition) is 4. The average molecular weight is 253 g/mol. The molecular formula is C13H19NO2S. The lowest BCUT2D eigenvalue weighted by Gasteiger charge is -2.13. The van der Waals surface area contributed by atoms with E-state index in [1.807, 2.05) is 6.08 Å². The van der Waals surface area contributed by atoms with Gasteiger partial charge in [-0.1, -0.05) is 12.1 Å². The zero-order valence-electron chi connectivity index (χ0n) is 10.6. The second kappa shape index (κ2) is 7.25.